The second-order valence-corrected chi connectivity index (χ2v) is 5.14. The van der Waals surface area contributed by atoms with Crippen LogP contribution >= 0.6 is 0 Å². The fourth-order valence-corrected chi connectivity index (χ4v) is 2.94. The molecular weight excluding hydrogens is 192 g/mol. The molecule has 0 aromatic rings. The largest absolute Gasteiger partial charge is 0.355 e. The van der Waals surface area contributed by atoms with E-state index in [0.717, 1.165) is 24.7 Å². The Bertz CT molecular complexity index is 306. The van der Waals surface area contributed by atoms with Gasteiger partial charge in [0, 0.05) is 19.0 Å². The van der Waals surface area contributed by atoms with Crippen molar-refractivity contribution in [2.75, 3.05) is 6.54 Å². The van der Waals surface area contributed by atoms with Crippen LogP contribution in [0.3, 0.4) is 0 Å². The van der Waals surface area contributed by atoms with Crippen molar-refractivity contribution in [3.05, 3.63) is 0 Å². The van der Waals surface area contributed by atoms with Crippen molar-refractivity contribution in [3.8, 4) is 0 Å². The number of nitrogens with one attached hydrogen (secondary N) is 2. The number of carbonyl (C=O) groups is 2. The molecule has 0 bridgehead atoms. The summed E-state index contributed by atoms with van der Waals surface area (Å²) in [7, 11) is 0. The molecule has 1 aliphatic heterocycles. The Hall–Kier alpha value is -1.06. The van der Waals surface area contributed by atoms with E-state index in [9.17, 15) is 9.59 Å². The summed E-state index contributed by atoms with van der Waals surface area (Å²) in [6, 6.07) is 0.386. The minimum atomic E-state index is -0.130. The Balaban J connectivity index is 1.50. The van der Waals surface area contributed by atoms with Crippen LogP contribution in [0.4, 0.5) is 0 Å². The summed E-state index contributed by atoms with van der Waals surface area (Å²) in [4.78, 5) is 22.7. The van der Waals surface area contributed by atoms with Gasteiger partial charge in [-0.25, -0.2) is 0 Å². The summed E-state index contributed by atoms with van der Waals surface area (Å²) in [5, 5.41) is 5.76. The third-order valence-corrected chi connectivity index (χ3v) is 3.94. The highest BCUT2D eigenvalue weighted by atomic mass is 16.2. The number of hydrogen-bond acceptors (Lipinski definition) is 2. The minimum Gasteiger partial charge on any atom is -0.355 e. The zero-order valence-corrected chi connectivity index (χ0v) is 8.66. The van der Waals surface area contributed by atoms with Gasteiger partial charge in [0.05, 0.1) is 5.92 Å². The molecule has 1 saturated heterocycles. The molecule has 2 amide bonds. The molecule has 15 heavy (non-hydrogen) atoms. The van der Waals surface area contributed by atoms with Gasteiger partial charge in [-0.1, -0.05) is 0 Å². The fourth-order valence-electron chi connectivity index (χ4n) is 2.94. The van der Waals surface area contributed by atoms with Crippen LogP contribution < -0.4 is 10.6 Å². The lowest BCUT2D eigenvalue weighted by atomic mass is 10.1. The molecule has 2 N–H and O–H groups in total. The van der Waals surface area contributed by atoms with Gasteiger partial charge in [0.25, 0.3) is 0 Å². The van der Waals surface area contributed by atoms with Crippen molar-refractivity contribution in [3.63, 3.8) is 0 Å². The van der Waals surface area contributed by atoms with E-state index in [4.69, 9.17) is 0 Å². The van der Waals surface area contributed by atoms with Crippen LogP contribution in [-0.2, 0) is 9.59 Å². The number of fused-ring (bicyclic) bond motifs is 1. The Kier molecular flexibility index (Phi) is 1.97. The highest BCUT2D eigenvalue weighted by Crippen LogP contribution is 2.51. The van der Waals surface area contributed by atoms with Crippen molar-refractivity contribution >= 4 is 11.8 Å². The lowest BCUT2D eigenvalue weighted by molar-refractivity contribution is -0.127. The summed E-state index contributed by atoms with van der Waals surface area (Å²) in [5.74, 6) is 1.72. The maximum Gasteiger partial charge on any atom is 0.225 e. The van der Waals surface area contributed by atoms with Crippen LogP contribution in [0.25, 0.3) is 0 Å². The lowest BCUT2D eigenvalue weighted by Gasteiger charge is -2.16. The Morgan fingerprint density at radius 2 is 2.00 bits per heavy atom. The van der Waals surface area contributed by atoms with Crippen molar-refractivity contribution in [1.29, 1.82) is 0 Å². The third kappa shape index (κ3) is 1.73. The van der Waals surface area contributed by atoms with E-state index in [1.807, 2.05) is 0 Å². The monoisotopic (exact) mass is 208 g/mol. The molecule has 0 spiro atoms. The van der Waals surface area contributed by atoms with E-state index in [0.29, 0.717) is 19.0 Å². The molecular formula is C11H16N2O2. The summed E-state index contributed by atoms with van der Waals surface area (Å²) in [6.45, 7) is 0.518. The number of hydrogen-bond donors (Lipinski definition) is 2. The molecule has 0 aromatic heterocycles. The van der Waals surface area contributed by atoms with Crippen molar-refractivity contribution in [1.82, 2.24) is 10.6 Å². The Morgan fingerprint density at radius 1 is 1.27 bits per heavy atom. The first-order valence-electron chi connectivity index (χ1n) is 5.79. The van der Waals surface area contributed by atoms with E-state index in [1.54, 1.807) is 0 Å². The molecule has 1 heterocycles. The maximum absolute atomic E-state index is 11.8. The average molecular weight is 208 g/mol. The van der Waals surface area contributed by atoms with Crippen LogP contribution in [0.2, 0.25) is 0 Å². The van der Waals surface area contributed by atoms with Gasteiger partial charge in [0.2, 0.25) is 11.8 Å². The molecule has 0 aromatic carbocycles. The minimum absolute atomic E-state index is 0.00409. The summed E-state index contributed by atoms with van der Waals surface area (Å²) in [5.41, 5.74) is 0. The van der Waals surface area contributed by atoms with Crippen LogP contribution in [0.1, 0.15) is 25.7 Å². The standard InChI is InChI=1S/C11H16N2O2/c14-10-4-8(5-12-10)11(15)13-9-2-6-1-7(6)3-9/h6-9H,1-5H2,(H,12,14)(H,13,15). The quantitative estimate of drug-likeness (QED) is 0.673. The van der Waals surface area contributed by atoms with Crippen LogP contribution in [0, 0.1) is 17.8 Å². The van der Waals surface area contributed by atoms with Crippen LogP contribution in [0.15, 0.2) is 0 Å². The molecule has 3 aliphatic rings. The molecule has 2 aliphatic carbocycles. The van der Waals surface area contributed by atoms with E-state index >= 15 is 0 Å². The van der Waals surface area contributed by atoms with Gasteiger partial charge in [0.1, 0.15) is 0 Å². The highest BCUT2D eigenvalue weighted by molar-refractivity contribution is 5.89. The highest BCUT2D eigenvalue weighted by Gasteiger charge is 2.46. The van der Waals surface area contributed by atoms with Crippen molar-refractivity contribution < 1.29 is 9.59 Å². The summed E-state index contributed by atoms with van der Waals surface area (Å²) in [6.07, 6.45) is 4.05. The van der Waals surface area contributed by atoms with Gasteiger partial charge in [0.15, 0.2) is 0 Å². The molecule has 3 atom stereocenters. The first-order chi connectivity index (χ1) is 7.22. The first-order valence-corrected chi connectivity index (χ1v) is 5.79. The predicted molar refractivity (Wildman–Crippen MR) is 53.9 cm³/mol. The molecule has 3 fully saturated rings. The second-order valence-electron chi connectivity index (χ2n) is 5.14. The fraction of sp³-hybridized carbons (Fsp3) is 0.818. The van der Waals surface area contributed by atoms with E-state index in [-0.39, 0.29) is 17.7 Å². The van der Waals surface area contributed by atoms with Crippen molar-refractivity contribution in [2.45, 2.75) is 31.7 Å². The SMILES string of the molecule is O=C1CC(C(=O)NC2CC3CC3C2)CN1. The topological polar surface area (TPSA) is 58.2 Å². The smallest absolute Gasteiger partial charge is 0.225 e. The third-order valence-electron chi connectivity index (χ3n) is 3.94. The zero-order chi connectivity index (χ0) is 10.4. The Labute approximate surface area is 88.8 Å². The van der Waals surface area contributed by atoms with Gasteiger partial charge in [-0.05, 0) is 31.1 Å². The molecule has 3 rings (SSSR count). The normalized spacial score (nSPS) is 42.3. The van der Waals surface area contributed by atoms with Gasteiger partial charge >= 0.3 is 0 Å². The number of amides is 2. The number of carbonyl (C=O) groups excluding carboxylic acids is 2. The van der Waals surface area contributed by atoms with Gasteiger partial charge < -0.3 is 10.6 Å². The molecule has 4 nitrogen and oxygen atoms in total. The average Bonchev–Trinajstić information content (AvgIpc) is 2.63. The summed E-state index contributed by atoms with van der Waals surface area (Å²) < 4.78 is 0. The molecule has 2 saturated carbocycles. The van der Waals surface area contributed by atoms with Gasteiger partial charge in [-0.15, -0.1) is 0 Å². The van der Waals surface area contributed by atoms with Crippen molar-refractivity contribution in [2.24, 2.45) is 17.8 Å². The van der Waals surface area contributed by atoms with E-state index < -0.39 is 0 Å². The number of rotatable bonds is 2. The van der Waals surface area contributed by atoms with Crippen LogP contribution in [-0.4, -0.2) is 24.4 Å². The second kappa shape index (κ2) is 3.22. The van der Waals surface area contributed by atoms with Gasteiger partial charge in [-0.3, -0.25) is 9.59 Å². The molecule has 0 radical (unpaired) electrons. The first kappa shape index (κ1) is 9.19. The van der Waals surface area contributed by atoms with E-state index in [1.165, 1.54) is 6.42 Å². The molecule has 3 unspecified atom stereocenters. The molecule has 82 valence electrons. The van der Waals surface area contributed by atoms with Crippen LogP contribution in [0.5, 0.6) is 0 Å². The predicted octanol–water partition coefficient (Wildman–Crippen LogP) is 0.0372. The summed E-state index contributed by atoms with van der Waals surface area (Å²) >= 11 is 0. The van der Waals surface area contributed by atoms with Gasteiger partial charge in [-0.2, -0.15) is 0 Å². The Morgan fingerprint density at radius 3 is 2.60 bits per heavy atom. The molecule has 4 heteroatoms. The lowest BCUT2D eigenvalue weighted by Crippen LogP contribution is -2.38. The maximum atomic E-state index is 11.8. The van der Waals surface area contributed by atoms with E-state index in [2.05, 4.69) is 10.6 Å². The zero-order valence-electron chi connectivity index (χ0n) is 8.66.